The highest BCUT2D eigenvalue weighted by Gasteiger charge is 2.12. The first-order valence-corrected chi connectivity index (χ1v) is 3.39. The molecule has 0 radical (unpaired) electrons. The Balaban J connectivity index is 3.63. The molecule has 54 valence electrons. The van der Waals surface area contributed by atoms with Crippen LogP contribution in [-0.4, -0.2) is 17.5 Å². The zero-order chi connectivity index (χ0) is 7.28. The Morgan fingerprint density at radius 2 is 2.00 bits per heavy atom. The fourth-order valence-corrected chi connectivity index (χ4v) is 0.762. The zero-order valence-electron chi connectivity index (χ0n) is 6.00. The largest absolute Gasteiger partial charge is 0.392 e. The smallest absolute Gasteiger partial charge is 0.125 e. The van der Waals surface area contributed by atoms with Crippen molar-refractivity contribution in [3.8, 4) is 0 Å². The van der Waals surface area contributed by atoms with E-state index in [0.717, 1.165) is 12.7 Å². The molecule has 2 unspecified atom stereocenters. The lowest BCUT2D eigenvalue weighted by Gasteiger charge is -2.12. The highest BCUT2D eigenvalue weighted by molar-refractivity contribution is 5.54. The van der Waals surface area contributed by atoms with Crippen LogP contribution in [0.4, 0.5) is 0 Å². The summed E-state index contributed by atoms with van der Waals surface area (Å²) in [6.45, 7) is 3.77. The van der Waals surface area contributed by atoms with E-state index in [1.807, 2.05) is 13.8 Å². The normalized spacial score (nSPS) is 16.8. The van der Waals surface area contributed by atoms with Gasteiger partial charge < -0.3 is 9.90 Å². The molecule has 0 rings (SSSR count). The Hall–Kier alpha value is -0.370. The summed E-state index contributed by atoms with van der Waals surface area (Å²) in [6.07, 6.45) is 1.79. The van der Waals surface area contributed by atoms with Gasteiger partial charge in [-0.25, -0.2) is 0 Å². The first kappa shape index (κ1) is 8.63. The summed E-state index contributed by atoms with van der Waals surface area (Å²) >= 11 is 0. The van der Waals surface area contributed by atoms with Crippen LogP contribution >= 0.6 is 0 Å². The lowest BCUT2D eigenvalue weighted by Crippen LogP contribution is -2.19. The summed E-state index contributed by atoms with van der Waals surface area (Å²) in [7, 11) is 0. The number of rotatable bonds is 4. The molecule has 1 N–H and O–H groups in total. The van der Waals surface area contributed by atoms with Crippen LogP contribution in [0.2, 0.25) is 0 Å². The Bertz CT molecular complexity index is 81.0. The maximum Gasteiger partial charge on any atom is 0.125 e. The van der Waals surface area contributed by atoms with Crippen molar-refractivity contribution in [2.75, 3.05) is 0 Å². The van der Waals surface area contributed by atoms with Gasteiger partial charge in [0.2, 0.25) is 0 Å². The van der Waals surface area contributed by atoms with E-state index in [1.165, 1.54) is 0 Å². The summed E-state index contributed by atoms with van der Waals surface area (Å²) in [5.41, 5.74) is 0. The van der Waals surface area contributed by atoms with Gasteiger partial charge in [0.05, 0.1) is 6.10 Å². The number of carbonyl (C=O) groups is 1. The third kappa shape index (κ3) is 2.61. The van der Waals surface area contributed by atoms with E-state index in [9.17, 15) is 4.79 Å². The number of hydrogen-bond donors (Lipinski definition) is 1. The lowest BCUT2D eigenvalue weighted by atomic mass is 10.00. The topological polar surface area (TPSA) is 37.3 Å². The number of aliphatic hydroxyl groups is 1. The van der Waals surface area contributed by atoms with Crippen molar-refractivity contribution in [3.05, 3.63) is 0 Å². The minimum Gasteiger partial charge on any atom is -0.392 e. The summed E-state index contributed by atoms with van der Waals surface area (Å²) in [4.78, 5) is 10.2. The van der Waals surface area contributed by atoms with Gasteiger partial charge in [0.1, 0.15) is 6.29 Å². The van der Waals surface area contributed by atoms with Crippen molar-refractivity contribution in [2.45, 2.75) is 32.8 Å². The van der Waals surface area contributed by atoms with Crippen molar-refractivity contribution >= 4 is 6.29 Å². The Morgan fingerprint density at radius 1 is 1.44 bits per heavy atom. The van der Waals surface area contributed by atoms with Gasteiger partial charge in [-0.2, -0.15) is 0 Å². The molecule has 0 bridgehead atoms. The second kappa shape index (κ2) is 4.50. The van der Waals surface area contributed by atoms with Gasteiger partial charge in [-0.05, 0) is 12.8 Å². The fraction of sp³-hybridized carbons (Fsp3) is 0.857. The van der Waals surface area contributed by atoms with Crippen molar-refractivity contribution in [1.29, 1.82) is 0 Å². The molecule has 0 aliphatic heterocycles. The van der Waals surface area contributed by atoms with Gasteiger partial charge in [-0.15, -0.1) is 0 Å². The van der Waals surface area contributed by atoms with E-state index in [1.54, 1.807) is 0 Å². The van der Waals surface area contributed by atoms with E-state index in [2.05, 4.69) is 0 Å². The van der Waals surface area contributed by atoms with Gasteiger partial charge in [0.15, 0.2) is 0 Å². The Labute approximate surface area is 55.9 Å². The van der Waals surface area contributed by atoms with E-state index < -0.39 is 6.10 Å². The molecule has 0 aliphatic rings. The summed E-state index contributed by atoms with van der Waals surface area (Å²) in [6, 6.07) is 0. The van der Waals surface area contributed by atoms with Crippen LogP contribution < -0.4 is 0 Å². The minimum absolute atomic E-state index is 0.157. The molecular formula is C7H14O2. The van der Waals surface area contributed by atoms with Gasteiger partial charge >= 0.3 is 0 Å². The van der Waals surface area contributed by atoms with Crippen molar-refractivity contribution in [3.63, 3.8) is 0 Å². The first-order chi connectivity index (χ1) is 4.26. The first-order valence-electron chi connectivity index (χ1n) is 3.39. The number of aldehydes is 1. The second-order valence-electron chi connectivity index (χ2n) is 2.18. The molecular weight excluding hydrogens is 116 g/mol. The van der Waals surface area contributed by atoms with Crippen LogP contribution in [0.1, 0.15) is 26.7 Å². The summed E-state index contributed by atoms with van der Waals surface area (Å²) in [5.74, 6) is -0.157. The highest BCUT2D eigenvalue weighted by Crippen LogP contribution is 2.07. The molecule has 0 aromatic rings. The predicted molar refractivity (Wildman–Crippen MR) is 36.1 cm³/mol. The standard InChI is InChI=1S/C7H14O2/c1-3-6(5-8)7(9)4-2/h5-7,9H,3-4H2,1-2H3. The van der Waals surface area contributed by atoms with Gasteiger partial charge in [0.25, 0.3) is 0 Å². The Morgan fingerprint density at radius 3 is 2.11 bits per heavy atom. The molecule has 0 aromatic heterocycles. The Kier molecular flexibility index (Phi) is 4.32. The van der Waals surface area contributed by atoms with Crippen LogP contribution in [-0.2, 0) is 4.79 Å². The molecule has 2 atom stereocenters. The van der Waals surface area contributed by atoms with E-state index >= 15 is 0 Å². The van der Waals surface area contributed by atoms with Gasteiger partial charge in [-0.1, -0.05) is 13.8 Å². The number of aliphatic hydroxyl groups excluding tert-OH is 1. The van der Waals surface area contributed by atoms with Crippen LogP contribution in [0.25, 0.3) is 0 Å². The summed E-state index contributed by atoms with van der Waals surface area (Å²) < 4.78 is 0. The molecule has 2 heteroatoms. The predicted octanol–water partition coefficient (Wildman–Crippen LogP) is 0.982. The third-order valence-corrected chi connectivity index (χ3v) is 1.56. The molecule has 2 nitrogen and oxygen atoms in total. The monoisotopic (exact) mass is 130 g/mol. The fourth-order valence-electron chi connectivity index (χ4n) is 0.762. The molecule has 0 heterocycles. The SMILES string of the molecule is CCC(O)C(C=O)CC. The van der Waals surface area contributed by atoms with Crippen LogP contribution in [0, 0.1) is 5.92 Å². The van der Waals surface area contributed by atoms with Crippen LogP contribution in [0.5, 0.6) is 0 Å². The lowest BCUT2D eigenvalue weighted by molar-refractivity contribution is -0.114. The van der Waals surface area contributed by atoms with Crippen LogP contribution in [0.15, 0.2) is 0 Å². The average Bonchev–Trinajstić information content (AvgIpc) is 1.90. The molecule has 0 saturated carbocycles. The molecule has 9 heavy (non-hydrogen) atoms. The number of hydrogen-bond acceptors (Lipinski definition) is 2. The molecule has 0 spiro atoms. The highest BCUT2D eigenvalue weighted by atomic mass is 16.3. The minimum atomic E-state index is -0.438. The molecule has 0 aliphatic carbocycles. The van der Waals surface area contributed by atoms with E-state index in [-0.39, 0.29) is 5.92 Å². The molecule has 0 saturated heterocycles. The van der Waals surface area contributed by atoms with Crippen LogP contribution in [0.3, 0.4) is 0 Å². The zero-order valence-corrected chi connectivity index (χ0v) is 6.00. The van der Waals surface area contributed by atoms with Crippen molar-refractivity contribution in [2.24, 2.45) is 5.92 Å². The van der Waals surface area contributed by atoms with Gasteiger partial charge in [0, 0.05) is 5.92 Å². The molecule has 0 amide bonds. The third-order valence-electron chi connectivity index (χ3n) is 1.56. The van der Waals surface area contributed by atoms with E-state index in [4.69, 9.17) is 5.11 Å². The van der Waals surface area contributed by atoms with Crippen molar-refractivity contribution < 1.29 is 9.90 Å². The maximum absolute atomic E-state index is 10.2. The van der Waals surface area contributed by atoms with E-state index in [0.29, 0.717) is 6.42 Å². The molecule has 0 aromatic carbocycles. The second-order valence-corrected chi connectivity index (χ2v) is 2.18. The number of carbonyl (C=O) groups excluding carboxylic acids is 1. The van der Waals surface area contributed by atoms with Gasteiger partial charge in [-0.3, -0.25) is 0 Å². The summed E-state index contributed by atoms with van der Waals surface area (Å²) in [5, 5.41) is 9.09. The van der Waals surface area contributed by atoms with Crippen molar-refractivity contribution in [1.82, 2.24) is 0 Å². The quantitative estimate of drug-likeness (QED) is 0.576. The average molecular weight is 130 g/mol. The maximum atomic E-state index is 10.2. The molecule has 0 fully saturated rings.